The maximum atomic E-state index is 13.1. The molecule has 0 radical (unpaired) electrons. The highest BCUT2D eigenvalue weighted by atomic mass is 79.9. The van der Waals surface area contributed by atoms with E-state index in [0.29, 0.717) is 12.1 Å². The fourth-order valence-corrected chi connectivity index (χ4v) is 1.31. The highest BCUT2D eigenvalue weighted by Crippen LogP contribution is 2.36. The maximum absolute atomic E-state index is 13.1. The minimum Gasteiger partial charge on any atom is -0.481 e. The van der Waals surface area contributed by atoms with Crippen molar-refractivity contribution in [2.45, 2.75) is 12.1 Å². The van der Waals surface area contributed by atoms with Crippen LogP contribution in [0, 0.1) is 11.6 Å². The smallest absolute Gasteiger partial charge is 0.456 e. The molecule has 0 unspecified atom stereocenters. The molecule has 0 spiro atoms. The van der Waals surface area contributed by atoms with Gasteiger partial charge in [0.1, 0.15) is 0 Å². The third kappa shape index (κ3) is 3.27. The Morgan fingerprint density at radius 2 is 1.44 bits per heavy atom. The van der Waals surface area contributed by atoms with Crippen LogP contribution in [-0.4, -0.2) is 18.7 Å². The first-order valence-corrected chi connectivity index (χ1v) is 5.06. The molecule has 18 heavy (non-hydrogen) atoms. The summed E-state index contributed by atoms with van der Waals surface area (Å²) in [7, 11) is 0. The van der Waals surface area contributed by atoms with E-state index >= 15 is 0 Å². The van der Waals surface area contributed by atoms with Crippen LogP contribution in [0.1, 0.15) is 0 Å². The van der Waals surface area contributed by atoms with Gasteiger partial charge >= 0.3 is 12.1 Å². The zero-order chi connectivity index (χ0) is 14.1. The van der Waals surface area contributed by atoms with Crippen LogP contribution >= 0.6 is 15.9 Å². The zero-order valence-corrected chi connectivity index (χ0v) is 9.88. The summed E-state index contributed by atoms with van der Waals surface area (Å²) in [6, 6.07) is 1.34. The number of rotatable bonds is 3. The van der Waals surface area contributed by atoms with Crippen LogP contribution in [0.2, 0.25) is 0 Å². The number of ether oxygens (including phenoxy) is 1. The van der Waals surface area contributed by atoms with Crippen LogP contribution in [0.4, 0.5) is 30.7 Å². The Bertz CT molecular complexity index is 420. The molecule has 0 N–H and O–H groups in total. The first kappa shape index (κ1) is 15.1. The van der Waals surface area contributed by atoms with Gasteiger partial charge in [-0.2, -0.15) is 22.0 Å². The third-order valence-corrected chi connectivity index (χ3v) is 2.23. The molecule has 1 nitrogen and oxygen atoms in total. The monoisotopic (exact) mass is 340 g/mol. The van der Waals surface area contributed by atoms with E-state index in [0.717, 1.165) is 0 Å². The molecule has 1 rings (SSSR count). The van der Waals surface area contributed by atoms with Crippen molar-refractivity contribution in [1.82, 2.24) is 0 Å². The quantitative estimate of drug-likeness (QED) is 0.745. The van der Waals surface area contributed by atoms with Gasteiger partial charge in [0.05, 0.1) is 0 Å². The predicted octanol–water partition coefficient (Wildman–Crippen LogP) is 4.30. The predicted molar refractivity (Wildman–Crippen MR) is 50.6 cm³/mol. The molecule has 0 atom stereocenters. The van der Waals surface area contributed by atoms with Crippen LogP contribution in [0.25, 0.3) is 0 Å². The highest BCUT2D eigenvalue weighted by Gasteiger charge is 2.58. The van der Waals surface area contributed by atoms with Gasteiger partial charge in [-0.05, 0) is 12.1 Å². The molecule has 0 fully saturated rings. The molecule has 0 aromatic heterocycles. The van der Waals surface area contributed by atoms with Crippen LogP contribution in [0.3, 0.4) is 0 Å². The summed E-state index contributed by atoms with van der Waals surface area (Å²) in [5.74, 6) is -9.26. The molecule has 0 aliphatic rings. The van der Waals surface area contributed by atoms with E-state index in [1.807, 2.05) is 0 Å². The standard InChI is InChI=1S/C9H4BrF7O/c10-4-1-5(11)7(6(12)2-4)18-3-8(13,14)9(15,16)17/h1-2H,3H2. The highest BCUT2D eigenvalue weighted by molar-refractivity contribution is 9.10. The fraction of sp³-hybridized carbons (Fsp3) is 0.333. The fourth-order valence-electron chi connectivity index (χ4n) is 0.911. The third-order valence-electron chi connectivity index (χ3n) is 1.78. The number of halogens is 8. The second-order valence-corrected chi connectivity index (χ2v) is 4.11. The average Bonchev–Trinajstić information content (AvgIpc) is 2.13. The Kier molecular flexibility index (Phi) is 4.14. The van der Waals surface area contributed by atoms with Crippen LogP contribution in [0.15, 0.2) is 16.6 Å². The lowest BCUT2D eigenvalue weighted by Gasteiger charge is -2.20. The summed E-state index contributed by atoms with van der Waals surface area (Å²) in [5, 5.41) is 0. The minimum absolute atomic E-state index is 0.0487. The van der Waals surface area contributed by atoms with E-state index < -0.39 is 36.1 Å². The van der Waals surface area contributed by atoms with Crippen LogP contribution in [0.5, 0.6) is 5.75 Å². The van der Waals surface area contributed by atoms with Gasteiger partial charge in [-0.25, -0.2) is 8.78 Å². The van der Waals surface area contributed by atoms with E-state index in [9.17, 15) is 30.7 Å². The van der Waals surface area contributed by atoms with Crippen molar-refractivity contribution in [2.24, 2.45) is 0 Å². The van der Waals surface area contributed by atoms with E-state index in [4.69, 9.17) is 0 Å². The Morgan fingerprint density at radius 3 is 1.83 bits per heavy atom. The van der Waals surface area contributed by atoms with E-state index in [-0.39, 0.29) is 4.47 Å². The second kappa shape index (κ2) is 4.94. The Hall–Kier alpha value is -0.990. The molecule has 0 heterocycles. The van der Waals surface area contributed by atoms with Crippen molar-refractivity contribution >= 4 is 15.9 Å². The summed E-state index contributed by atoms with van der Waals surface area (Å²) in [5.41, 5.74) is 0. The summed E-state index contributed by atoms with van der Waals surface area (Å²) in [6.07, 6.45) is -5.85. The summed E-state index contributed by atoms with van der Waals surface area (Å²) in [6.45, 7) is -2.20. The van der Waals surface area contributed by atoms with Crippen molar-refractivity contribution in [1.29, 1.82) is 0 Å². The Balaban J connectivity index is 2.88. The van der Waals surface area contributed by atoms with Crippen molar-refractivity contribution < 1.29 is 35.5 Å². The largest absolute Gasteiger partial charge is 0.481 e. The van der Waals surface area contributed by atoms with Gasteiger partial charge in [0, 0.05) is 4.47 Å². The van der Waals surface area contributed by atoms with Gasteiger partial charge in [-0.3, -0.25) is 0 Å². The molecule has 9 heteroatoms. The first-order valence-electron chi connectivity index (χ1n) is 4.26. The maximum Gasteiger partial charge on any atom is 0.456 e. The van der Waals surface area contributed by atoms with Crippen LogP contribution in [-0.2, 0) is 0 Å². The van der Waals surface area contributed by atoms with Gasteiger partial charge in [-0.15, -0.1) is 0 Å². The molecular formula is C9H4BrF7O. The second-order valence-electron chi connectivity index (χ2n) is 3.19. The molecule has 0 aliphatic heterocycles. The molecule has 0 bridgehead atoms. The molecule has 102 valence electrons. The Morgan fingerprint density at radius 1 is 1.00 bits per heavy atom. The summed E-state index contributed by atoms with van der Waals surface area (Å²) < 4.78 is 90.2. The first-order chi connectivity index (χ1) is 8.04. The molecule has 0 saturated heterocycles. The van der Waals surface area contributed by atoms with Gasteiger partial charge in [0.25, 0.3) is 0 Å². The van der Waals surface area contributed by atoms with E-state index in [1.165, 1.54) is 0 Å². The van der Waals surface area contributed by atoms with Crippen molar-refractivity contribution in [3.8, 4) is 5.75 Å². The number of alkyl halides is 5. The van der Waals surface area contributed by atoms with Crippen molar-refractivity contribution in [3.63, 3.8) is 0 Å². The lowest BCUT2D eigenvalue weighted by Crippen LogP contribution is -2.42. The number of hydrogen-bond donors (Lipinski definition) is 0. The van der Waals surface area contributed by atoms with Gasteiger partial charge in [0.2, 0.25) is 0 Å². The summed E-state index contributed by atoms with van der Waals surface area (Å²) >= 11 is 2.71. The average molecular weight is 341 g/mol. The Labute approximate surface area is 105 Å². The van der Waals surface area contributed by atoms with Crippen LogP contribution < -0.4 is 4.74 Å². The van der Waals surface area contributed by atoms with Gasteiger partial charge in [0.15, 0.2) is 24.0 Å². The molecule has 0 aliphatic carbocycles. The van der Waals surface area contributed by atoms with E-state index in [2.05, 4.69) is 20.7 Å². The van der Waals surface area contributed by atoms with E-state index in [1.54, 1.807) is 0 Å². The molecular weight excluding hydrogens is 337 g/mol. The molecule has 0 amide bonds. The lowest BCUT2D eigenvalue weighted by atomic mass is 10.3. The minimum atomic E-state index is -5.85. The number of benzene rings is 1. The molecule has 1 aromatic rings. The van der Waals surface area contributed by atoms with Crippen molar-refractivity contribution in [3.05, 3.63) is 28.2 Å². The zero-order valence-electron chi connectivity index (χ0n) is 8.29. The topological polar surface area (TPSA) is 9.23 Å². The molecule has 0 saturated carbocycles. The normalized spacial score (nSPS) is 12.7. The van der Waals surface area contributed by atoms with Crippen molar-refractivity contribution in [2.75, 3.05) is 6.61 Å². The SMILES string of the molecule is Fc1cc(Br)cc(F)c1OCC(F)(F)C(F)(F)F. The molecule has 1 aromatic carbocycles. The lowest BCUT2D eigenvalue weighted by molar-refractivity contribution is -0.290. The summed E-state index contributed by atoms with van der Waals surface area (Å²) in [4.78, 5) is 0. The number of hydrogen-bond acceptors (Lipinski definition) is 1. The van der Waals surface area contributed by atoms with Gasteiger partial charge < -0.3 is 4.74 Å². The van der Waals surface area contributed by atoms with Gasteiger partial charge in [-0.1, -0.05) is 15.9 Å².